The van der Waals surface area contributed by atoms with Gasteiger partial charge >= 0.3 is 0 Å². The average Bonchev–Trinajstić information content (AvgIpc) is 3.37. The van der Waals surface area contributed by atoms with Gasteiger partial charge in [0.15, 0.2) is 0 Å². The molecule has 2 fully saturated rings. The highest BCUT2D eigenvalue weighted by Gasteiger charge is 2.57. The molecule has 3 aliphatic carbocycles. The van der Waals surface area contributed by atoms with Crippen LogP contribution in [-0.4, -0.2) is 14.2 Å². The fourth-order valence-electron chi connectivity index (χ4n) is 7.05. The minimum absolute atomic E-state index is 0.129. The lowest BCUT2D eigenvalue weighted by Crippen LogP contribution is -2.24. The van der Waals surface area contributed by atoms with Gasteiger partial charge in [-0.1, -0.05) is 38.8 Å². The van der Waals surface area contributed by atoms with Gasteiger partial charge < -0.3 is 9.47 Å². The van der Waals surface area contributed by atoms with Crippen LogP contribution in [0.5, 0.6) is 11.5 Å². The van der Waals surface area contributed by atoms with E-state index in [-0.39, 0.29) is 5.41 Å². The number of fused-ring (bicyclic) bond motifs is 6. The van der Waals surface area contributed by atoms with E-state index in [2.05, 4.69) is 50.2 Å². The maximum atomic E-state index is 5.64. The van der Waals surface area contributed by atoms with Gasteiger partial charge in [0.2, 0.25) is 0 Å². The normalized spacial score (nSPS) is 28.9. The first-order chi connectivity index (χ1) is 13.6. The van der Waals surface area contributed by atoms with E-state index >= 15 is 0 Å². The van der Waals surface area contributed by atoms with Crippen LogP contribution in [0.25, 0.3) is 11.1 Å². The Hall–Kier alpha value is -1.96. The topological polar surface area (TPSA) is 18.5 Å². The largest absolute Gasteiger partial charge is 0.497 e. The summed E-state index contributed by atoms with van der Waals surface area (Å²) in [4.78, 5) is 0. The molecule has 0 radical (unpaired) electrons. The summed E-state index contributed by atoms with van der Waals surface area (Å²) < 4.78 is 11.3. The van der Waals surface area contributed by atoms with Crippen molar-refractivity contribution in [3.05, 3.63) is 47.5 Å². The Bertz CT molecular complexity index is 826. The summed E-state index contributed by atoms with van der Waals surface area (Å²) in [5.41, 5.74) is 5.92. The van der Waals surface area contributed by atoms with E-state index in [9.17, 15) is 0 Å². The van der Waals surface area contributed by atoms with Crippen molar-refractivity contribution < 1.29 is 9.47 Å². The first kappa shape index (κ1) is 18.1. The first-order valence-corrected chi connectivity index (χ1v) is 11.0. The summed E-state index contributed by atoms with van der Waals surface area (Å²) in [5, 5.41) is 0. The highest BCUT2D eigenvalue weighted by molar-refractivity contribution is 5.82. The van der Waals surface area contributed by atoms with E-state index in [4.69, 9.17) is 9.47 Å². The SMILES string of the molecule is CCC1CC(CC)C2CC3(CC12)c1cc(OC)ccc1-c1ccc(OC)cc13. The number of rotatable bonds is 4. The molecule has 4 unspecified atom stereocenters. The van der Waals surface area contributed by atoms with Crippen LogP contribution < -0.4 is 9.47 Å². The van der Waals surface area contributed by atoms with Crippen LogP contribution in [-0.2, 0) is 5.41 Å². The van der Waals surface area contributed by atoms with E-state index in [1.807, 2.05) is 0 Å². The van der Waals surface area contributed by atoms with Crippen molar-refractivity contribution in [1.29, 1.82) is 0 Å². The summed E-state index contributed by atoms with van der Waals surface area (Å²) in [6, 6.07) is 13.4. The zero-order valence-corrected chi connectivity index (χ0v) is 17.6. The number of methoxy groups -OCH3 is 2. The van der Waals surface area contributed by atoms with Crippen LogP contribution in [0.15, 0.2) is 36.4 Å². The second kappa shape index (κ2) is 6.54. The molecule has 1 spiro atoms. The van der Waals surface area contributed by atoms with Crippen molar-refractivity contribution in [2.24, 2.45) is 23.7 Å². The molecule has 3 aliphatic rings. The zero-order valence-electron chi connectivity index (χ0n) is 17.6. The average molecular weight is 377 g/mol. The second-order valence-corrected chi connectivity index (χ2v) is 9.21. The molecule has 5 rings (SSSR count). The van der Waals surface area contributed by atoms with Crippen LogP contribution >= 0.6 is 0 Å². The fourth-order valence-corrected chi connectivity index (χ4v) is 7.05. The molecular formula is C26H32O2. The Morgan fingerprint density at radius 2 is 1.25 bits per heavy atom. The standard InChI is InChI=1S/C26H32O2/c1-5-16-11-17(6-2)23-15-26(14-22(16)23)24-12-18(27-3)7-9-20(24)21-10-8-19(28-4)13-25(21)26/h7-10,12-13,16-17,22-23H,5-6,11,14-15H2,1-4H3. The lowest BCUT2D eigenvalue weighted by atomic mass is 9.73. The number of hydrogen-bond donors (Lipinski definition) is 0. The molecule has 0 amide bonds. The molecule has 4 atom stereocenters. The zero-order chi connectivity index (χ0) is 19.5. The highest BCUT2D eigenvalue weighted by atomic mass is 16.5. The Balaban J connectivity index is 1.69. The smallest absolute Gasteiger partial charge is 0.119 e. The second-order valence-electron chi connectivity index (χ2n) is 9.21. The molecule has 0 N–H and O–H groups in total. The predicted molar refractivity (Wildman–Crippen MR) is 114 cm³/mol. The number of hydrogen-bond acceptors (Lipinski definition) is 2. The van der Waals surface area contributed by atoms with Gasteiger partial charge in [0.05, 0.1) is 14.2 Å². The number of ether oxygens (including phenoxy) is 2. The third-order valence-corrected chi connectivity index (χ3v) is 8.36. The van der Waals surface area contributed by atoms with E-state index < -0.39 is 0 Å². The molecule has 2 nitrogen and oxygen atoms in total. The van der Waals surface area contributed by atoms with E-state index in [0.717, 1.165) is 35.2 Å². The monoisotopic (exact) mass is 376 g/mol. The molecule has 2 saturated carbocycles. The van der Waals surface area contributed by atoms with Crippen LogP contribution in [0, 0.1) is 23.7 Å². The van der Waals surface area contributed by atoms with Gasteiger partial charge in [0, 0.05) is 5.41 Å². The predicted octanol–water partition coefficient (Wildman–Crippen LogP) is 6.45. The van der Waals surface area contributed by atoms with Gasteiger partial charge in [-0.3, -0.25) is 0 Å². The van der Waals surface area contributed by atoms with Gasteiger partial charge in [-0.2, -0.15) is 0 Å². The van der Waals surface area contributed by atoms with E-state index in [1.165, 1.54) is 54.4 Å². The Kier molecular flexibility index (Phi) is 4.23. The minimum atomic E-state index is 0.129. The summed E-state index contributed by atoms with van der Waals surface area (Å²) >= 11 is 0. The van der Waals surface area contributed by atoms with Gasteiger partial charge in [-0.25, -0.2) is 0 Å². The summed E-state index contributed by atoms with van der Waals surface area (Å²) in [7, 11) is 3.56. The van der Waals surface area contributed by atoms with E-state index in [1.54, 1.807) is 14.2 Å². The van der Waals surface area contributed by atoms with Gasteiger partial charge in [0.1, 0.15) is 11.5 Å². The summed E-state index contributed by atoms with van der Waals surface area (Å²) in [6.07, 6.45) is 6.65. The van der Waals surface area contributed by atoms with Crippen molar-refractivity contribution in [3.63, 3.8) is 0 Å². The molecule has 0 heterocycles. The van der Waals surface area contributed by atoms with Crippen molar-refractivity contribution in [2.45, 2.75) is 51.4 Å². The van der Waals surface area contributed by atoms with Gasteiger partial charge in [-0.15, -0.1) is 0 Å². The fraction of sp³-hybridized carbons (Fsp3) is 0.538. The molecule has 2 aromatic rings. The lowest BCUT2D eigenvalue weighted by molar-refractivity contribution is 0.323. The van der Waals surface area contributed by atoms with Gasteiger partial charge in [-0.05, 0) is 89.5 Å². The quantitative estimate of drug-likeness (QED) is 0.610. The van der Waals surface area contributed by atoms with Crippen molar-refractivity contribution in [1.82, 2.24) is 0 Å². The molecule has 0 bridgehead atoms. The van der Waals surface area contributed by atoms with Crippen LogP contribution in [0.1, 0.15) is 57.1 Å². The molecule has 2 heteroatoms. The van der Waals surface area contributed by atoms with Gasteiger partial charge in [0.25, 0.3) is 0 Å². The van der Waals surface area contributed by atoms with Crippen LogP contribution in [0.3, 0.4) is 0 Å². The molecule has 2 aromatic carbocycles. The van der Waals surface area contributed by atoms with Crippen molar-refractivity contribution in [2.75, 3.05) is 14.2 Å². The summed E-state index contributed by atoms with van der Waals surface area (Å²) in [5.74, 6) is 5.44. The van der Waals surface area contributed by atoms with Crippen molar-refractivity contribution in [3.8, 4) is 22.6 Å². The summed E-state index contributed by atoms with van der Waals surface area (Å²) in [6.45, 7) is 4.79. The van der Waals surface area contributed by atoms with Crippen molar-refractivity contribution >= 4 is 0 Å². The third kappa shape index (κ3) is 2.33. The molecule has 0 aliphatic heterocycles. The maximum absolute atomic E-state index is 5.64. The third-order valence-electron chi connectivity index (χ3n) is 8.36. The molecule has 0 aromatic heterocycles. The Morgan fingerprint density at radius 3 is 1.64 bits per heavy atom. The molecule has 28 heavy (non-hydrogen) atoms. The first-order valence-electron chi connectivity index (χ1n) is 11.0. The molecular weight excluding hydrogens is 344 g/mol. The lowest BCUT2D eigenvalue weighted by Gasteiger charge is -2.30. The molecule has 0 saturated heterocycles. The van der Waals surface area contributed by atoms with E-state index in [0.29, 0.717) is 0 Å². The molecule has 148 valence electrons. The highest BCUT2D eigenvalue weighted by Crippen LogP contribution is 2.66. The Labute approximate surface area is 169 Å². The van der Waals surface area contributed by atoms with Crippen LogP contribution in [0.4, 0.5) is 0 Å². The maximum Gasteiger partial charge on any atom is 0.119 e. The van der Waals surface area contributed by atoms with Crippen LogP contribution in [0.2, 0.25) is 0 Å². The Morgan fingerprint density at radius 1 is 0.786 bits per heavy atom. The minimum Gasteiger partial charge on any atom is -0.497 e. The number of benzene rings is 2.